The molecule has 1 saturated carbocycles. The summed E-state index contributed by atoms with van der Waals surface area (Å²) in [7, 11) is 0. The van der Waals surface area contributed by atoms with Crippen molar-refractivity contribution >= 4 is 5.91 Å². The molecule has 2 unspecified atom stereocenters. The molecule has 1 heterocycles. The molecule has 110 valence electrons. The lowest BCUT2D eigenvalue weighted by molar-refractivity contribution is -0.126. The molecular weight excluding hydrogens is 240 g/mol. The summed E-state index contributed by atoms with van der Waals surface area (Å²) in [5.74, 6) is 0.810. The Hall–Kier alpha value is -0.610. The van der Waals surface area contributed by atoms with E-state index in [1.165, 1.54) is 32.1 Å². The summed E-state index contributed by atoms with van der Waals surface area (Å²) in [6.45, 7) is 6.32. The summed E-state index contributed by atoms with van der Waals surface area (Å²) in [5, 5.41) is 6.56. The van der Waals surface area contributed by atoms with Gasteiger partial charge in [0.05, 0.1) is 19.1 Å². The number of likely N-dealkylation sites (N-methyl/N-ethyl adjacent to an activating group) is 1. The van der Waals surface area contributed by atoms with Crippen LogP contribution in [0, 0.1) is 11.8 Å². The van der Waals surface area contributed by atoms with Gasteiger partial charge in [-0.3, -0.25) is 4.79 Å². The zero-order valence-corrected chi connectivity index (χ0v) is 12.3. The summed E-state index contributed by atoms with van der Waals surface area (Å²) < 4.78 is 5.45. The van der Waals surface area contributed by atoms with Crippen LogP contribution < -0.4 is 10.6 Å². The molecule has 1 aliphatic heterocycles. The summed E-state index contributed by atoms with van der Waals surface area (Å²) in [5.41, 5.74) is 0. The van der Waals surface area contributed by atoms with Gasteiger partial charge in [-0.25, -0.2) is 0 Å². The highest BCUT2D eigenvalue weighted by atomic mass is 16.5. The van der Waals surface area contributed by atoms with Gasteiger partial charge in [0.25, 0.3) is 0 Å². The summed E-state index contributed by atoms with van der Waals surface area (Å²) in [6.07, 6.45) is 6.52. The maximum absolute atomic E-state index is 12.4. The second kappa shape index (κ2) is 7.25. The Kier molecular flexibility index (Phi) is 5.64. The van der Waals surface area contributed by atoms with Crippen LogP contribution in [-0.4, -0.2) is 37.7 Å². The van der Waals surface area contributed by atoms with Crippen LogP contribution in [0.1, 0.15) is 46.0 Å². The molecule has 4 heteroatoms. The van der Waals surface area contributed by atoms with E-state index < -0.39 is 0 Å². The van der Waals surface area contributed by atoms with Crippen molar-refractivity contribution < 1.29 is 9.53 Å². The van der Waals surface area contributed by atoms with Crippen LogP contribution in [0.2, 0.25) is 0 Å². The van der Waals surface area contributed by atoms with Gasteiger partial charge in [-0.05, 0) is 32.2 Å². The number of amides is 1. The van der Waals surface area contributed by atoms with Gasteiger partial charge in [0.15, 0.2) is 0 Å². The van der Waals surface area contributed by atoms with Crippen LogP contribution in [0.15, 0.2) is 0 Å². The smallest absolute Gasteiger partial charge is 0.227 e. The molecule has 19 heavy (non-hydrogen) atoms. The molecule has 1 amide bonds. The fraction of sp³-hybridized carbons (Fsp3) is 0.933. The normalized spacial score (nSPS) is 30.2. The average molecular weight is 268 g/mol. The largest absolute Gasteiger partial charge is 0.379 e. The standard InChI is InChI=1S/C15H28N2O2/c1-3-16-14-10-19-9-13(14)15(18)17-11(2)12-7-5-4-6-8-12/h11-14,16H,3-10H2,1-2H3,(H,17,18)/t11-,13?,14?/m0/s1. The molecular formula is C15H28N2O2. The summed E-state index contributed by atoms with van der Waals surface area (Å²) in [6, 6.07) is 0.485. The molecule has 0 aromatic heterocycles. The second-order valence-electron chi connectivity index (χ2n) is 6.00. The lowest BCUT2D eigenvalue weighted by Gasteiger charge is -2.29. The van der Waals surface area contributed by atoms with Crippen molar-refractivity contribution in [1.29, 1.82) is 0 Å². The van der Waals surface area contributed by atoms with E-state index in [4.69, 9.17) is 4.74 Å². The first-order chi connectivity index (χ1) is 9.22. The highest BCUT2D eigenvalue weighted by Crippen LogP contribution is 2.26. The predicted molar refractivity (Wildman–Crippen MR) is 76.0 cm³/mol. The van der Waals surface area contributed by atoms with Crippen molar-refractivity contribution in [2.24, 2.45) is 11.8 Å². The first kappa shape index (κ1) is 14.8. The Balaban J connectivity index is 1.82. The minimum Gasteiger partial charge on any atom is -0.379 e. The van der Waals surface area contributed by atoms with Crippen LogP contribution >= 0.6 is 0 Å². The van der Waals surface area contributed by atoms with Gasteiger partial charge >= 0.3 is 0 Å². The summed E-state index contributed by atoms with van der Waals surface area (Å²) in [4.78, 5) is 12.4. The Labute approximate surface area is 116 Å². The Morgan fingerprint density at radius 3 is 2.68 bits per heavy atom. The SMILES string of the molecule is CCNC1COCC1C(=O)N[C@@H](C)C1CCCCC1. The molecule has 0 aromatic rings. The second-order valence-corrected chi connectivity index (χ2v) is 6.00. The van der Waals surface area contributed by atoms with Gasteiger partial charge in [-0.2, -0.15) is 0 Å². The number of carbonyl (C=O) groups is 1. The zero-order chi connectivity index (χ0) is 13.7. The fourth-order valence-electron chi connectivity index (χ4n) is 3.36. The number of rotatable bonds is 5. The van der Waals surface area contributed by atoms with Crippen molar-refractivity contribution in [1.82, 2.24) is 10.6 Å². The molecule has 0 aromatic carbocycles. The number of carbonyl (C=O) groups excluding carboxylic acids is 1. The van der Waals surface area contributed by atoms with E-state index in [9.17, 15) is 4.79 Å². The van der Waals surface area contributed by atoms with Crippen LogP contribution in [0.5, 0.6) is 0 Å². The molecule has 0 radical (unpaired) electrons. The van der Waals surface area contributed by atoms with E-state index in [-0.39, 0.29) is 17.9 Å². The fourth-order valence-corrected chi connectivity index (χ4v) is 3.36. The van der Waals surface area contributed by atoms with Crippen molar-refractivity contribution in [3.05, 3.63) is 0 Å². The van der Waals surface area contributed by atoms with Gasteiger partial charge < -0.3 is 15.4 Å². The van der Waals surface area contributed by atoms with Crippen LogP contribution in [0.25, 0.3) is 0 Å². The first-order valence-corrected chi connectivity index (χ1v) is 7.84. The van der Waals surface area contributed by atoms with E-state index in [2.05, 4.69) is 24.5 Å². The highest BCUT2D eigenvalue weighted by Gasteiger charge is 2.34. The van der Waals surface area contributed by atoms with E-state index in [1.807, 2.05) is 0 Å². The predicted octanol–water partition coefficient (Wildman–Crippen LogP) is 1.70. The van der Waals surface area contributed by atoms with Gasteiger partial charge in [-0.1, -0.05) is 26.2 Å². The Morgan fingerprint density at radius 2 is 2.00 bits per heavy atom. The van der Waals surface area contributed by atoms with E-state index in [0.29, 0.717) is 25.2 Å². The van der Waals surface area contributed by atoms with Crippen LogP contribution in [0.3, 0.4) is 0 Å². The molecule has 1 aliphatic carbocycles. The van der Waals surface area contributed by atoms with Crippen molar-refractivity contribution in [3.8, 4) is 0 Å². The van der Waals surface area contributed by atoms with Crippen molar-refractivity contribution in [2.75, 3.05) is 19.8 Å². The maximum atomic E-state index is 12.4. The van der Waals surface area contributed by atoms with Crippen LogP contribution in [0.4, 0.5) is 0 Å². The molecule has 2 aliphatic rings. The number of hydrogen-bond donors (Lipinski definition) is 2. The molecule has 1 saturated heterocycles. The summed E-state index contributed by atoms with van der Waals surface area (Å²) >= 11 is 0. The van der Waals surface area contributed by atoms with Gasteiger partial charge in [0, 0.05) is 12.1 Å². The highest BCUT2D eigenvalue weighted by molar-refractivity contribution is 5.80. The quantitative estimate of drug-likeness (QED) is 0.798. The lowest BCUT2D eigenvalue weighted by Crippen LogP contribution is -2.48. The molecule has 2 fully saturated rings. The Bertz CT molecular complexity index is 290. The number of ether oxygens (including phenoxy) is 1. The van der Waals surface area contributed by atoms with Gasteiger partial charge in [-0.15, -0.1) is 0 Å². The molecule has 0 bridgehead atoms. The third kappa shape index (κ3) is 3.93. The lowest BCUT2D eigenvalue weighted by atomic mass is 9.84. The van der Waals surface area contributed by atoms with Crippen molar-refractivity contribution in [3.63, 3.8) is 0 Å². The topological polar surface area (TPSA) is 50.4 Å². The van der Waals surface area contributed by atoms with E-state index in [1.54, 1.807) is 0 Å². The number of nitrogens with one attached hydrogen (secondary N) is 2. The Morgan fingerprint density at radius 1 is 1.26 bits per heavy atom. The first-order valence-electron chi connectivity index (χ1n) is 7.84. The average Bonchev–Trinajstić information content (AvgIpc) is 2.88. The van der Waals surface area contributed by atoms with Crippen LogP contribution in [-0.2, 0) is 9.53 Å². The van der Waals surface area contributed by atoms with Gasteiger partial charge in [0.1, 0.15) is 0 Å². The minimum atomic E-state index is -0.0222. The minimum absolute atomic E-state index is 0.0222. The maximum Gasteiger partial charge on any atom is 0.227 e. The molecule has 4 nitrogen and oxygen atoms in total. The van der Waals surface area contributed by atoms with Crippen molar-refractivity contribution in [2.45, 2.75) is 58.0 Å². The third-order valence-corrected chi connectivity index (χ3v) is 4.61. The molecule has 2 rings (SSSR count). The third-order valence-electron chi connectivity index (χ3n) is 4.61. The monoisotopic (exact) mass is 268 g/mol. The molecule has 2 N–H and O–H groups in total. The molecule has 3 atom stereocenters. The van der Waals surface area contributed by atoms with E-state index in [0.717, 1.165) is 6.54 Å². The van der Waals surface area contributed by atoms with Gasteiger partial charge in [0.2, 0.25) is 5.91 Å². The zero-order valence-electron chi connectivity index (χ0n) is 12.3. The van der Waals surface area contributed by atoms with E-state index >= 15 is 0 Å². The molecule has 0 spiro atoms. The number of hydrogen-bond acceptors (Lipinski definition) is 3.